The quantitative estimate of drug-likeness (QED) is 0.771. The molecule has 0 radical (unpaired) electrons. The van der Waals surface area contributed by atoms with E-state index in [9.17, 15) is 4.79 Å². The van der Waals surface area contributed by atoms with E-state index >= 15 is 0 Å². The first-order valence-corrected chi connectivity index (χ1v) is 6.49. The first-order chi connectivity index (χ1) is 8.61. The molecule has 0 heterocycles. The number of benzene rings is 1. The largest absolute Gasteiger partial charge is 0.493 e. The van der Waals surface area contributed by atoms with Gasteiger partial charge in [-0.15, -0.1) is 0 Å². The van der Waals surface area contributed by atoms with Gasteiger partial charge in [-0.1, -0.05) is 6.07 Å². The van der Waals surface area contributed by atoms with Crippen molar-refractivity contribution < 1.29 is 14.3 Å². The minimum Gasteiger partial charge on any atom is -0.493 e. The Morgan fingerprint density at radius 3 is 2.67 bits per heavy atom. The maximum Gasteiger partial charge on any atom is 0.165 e. The first kappa shape index (κ1) is 12.9. The lowest BCUT2D eigenvalue weighted by atomic mass is 10.0. The number of ketones is 1. The molecule has 1 aromatic rings. The van der Waals surface area contributed by atoms with Crippen LogP contribution in [-0.4, -0.2) is 19.0 Å². The van der Waals surface area contributed by atoms with Crippen LogP contribution in [0, 0.1) is 0 Å². The predicted octanol–water partition coefficient (Wildman–Crippen LogP) is 2.93. The third-order valence-electron chi connectivity index (χ3n) is 3.16. The molecule has 0 bridgehead atoms. The van der Waals surface area contributed by atoms with Gasteiger partial charge in [0, 0.05) is 18.4 Å². The minimum atomic E-state index is 0.101. The van der Waals surface area contributed by atoms with Crippen LogP contribution >= 0.6 is 0 Å². The average Bonchev–Trinajstić information content (AvgIpc) is 2.50. The summed E-state index contributed by atoms with van der Waals surface area (Å²) in [4.78, 5) is 11.7. The summed E-state index contributed by atoms with van der Waals surface area (Å²) in [5.41, 5.74) is 2.24. The maximum atomic E-state index is 11.7. The highest BCUT2D eigenvalue weighted by Crippen LogP contribution is 2.37. The van der Waals surface area contributed by atoms with E-state index < -0.39 is 0 Å². The van der Waals surface area contributed by atoms with E-state index in [1.807, 2.05) is 26.0 Å². The smallest absolute Gasteiger partial charge is 0.165 e. The minimum absolute atomic E-state index is 0.101. The molecule has 0 aromatic heterocycles. The summed E-state index contributed by atoms with van der Waals surface area (Å²) in [5.74, 6) is 1.89. The summed E-state index contributed by atoms with van der Waals surface area (Å²) in [5, 5.41) is 0. The lowest BCUT2D eigenvalue weighted by molar-refractivity contribution is -0.118. The third-order valence-corrected chi connectivity index (χ3v) is 3.16. The van der Waals surface area contributed by atoms with Gasteiger partial charge in [0.2, 0.25) is 0 Å². The fourth-order valence-electron chi connectivity index (χ4n) is 2.38. The van der Waals surface area contributed by atoms with Gasteiger partial charge < -0.3 is 9.47 Å². The van der Waals surface area contributed by atoms with Crippen LogP contribution in [0.4, 0.5) is 0 Å². The number of carbonyl (C=O) groups is 1. The normalized spacial score (nSPS) is 15.2. The molecule has 0 saturated carbocycles. The summed E-state index contributed by atoms with van der Waals surface area (Å²) in [7, 11) is 1.65. The third kappa shape index (κ3) is 2.66. The van der Waals surface area contributed by atoms with Gasteiger partial charge in [0.25, 0.3) is 0 Å². The number of hydrogen-bond acceptors (Lipinski definition) is 3. The molecular weight excluding hydrogens is 228 g/mol. The summed E-state index contributed by atoms with van der Waals surface area (Å²) in [6.07, 6.45) is 3.07. The monoisotopic (exact) mass is 248 g/mol. The molecule has 0 N–H and O–H groups in total. The number of Topliss-reactive ketones (excluding diaryl/α,β-unsaturated/α-hetero) is 1. The molecule has 0 aliphatic heterocycles. The number of carbonyl (C=O) groups excluding carboxylic acids is 1. The molecule has 1 aliphatic rings. The molecular formula is C15H20O3. The Labute approximate surface area is 108 Å². The van der Waals surface area contributed by atoms with E-state index in [1.54, 1.807) is 7.11 Å². The van der Waals surface area contributed by atoms with Crippen molar-refractivity contribution in [2.75, 3.05) is 7.11 Å². The average molecular weight is 248 g/mol. The molecule has 0 unspecified atom stereocenters. The zero-order valence-corrected chi connectivity index (χ0v) is 11.3. The molecule has 0 fully saturated rings. The molecule has 1 aliphatic carbocycles. The van der Waals surface area contributed by atoms with Crippen molar-refractivity contribution in [2.45, 2.75) is 45.6 Å². The van der Waals surface area contributed by atoms with E-state index in [1.165, 1.54) is 0 Å². The Morgan fingerprint density at radius 1 is 1.22 bits per heavy atom. The van der Waals surface area contributed by atoms with Crippen molar-refractivity contribution >= 4 is 5.78 Å². The fraction of sp³-hybridized carbons (Fsp3) is 0.533. The Kier molecular flexibility index (Phi) is 3.90. The van der Waals surface area contributed by atoms with Crippen molar-refractivity contribution in [1.82, 2.24) is 0 Å². The van der Waals surface area contributed by atoms with Crippen LogP contribution in [0.25, 0.3) is 0 Å². The molecule has 3 nitrogen and oxygen atoms in total. The highest BCUT2D eigenvalue weighted by molar-refractivity contribution is 5.82. The number of hydrogen-bond donors (Lipinski definition) is 0. The van der Waals surface area contributed by atoms with Gasteiger partial charge in [0.15, 0.2) is 11.5 Å². The second-order valence-corrected chi connectivity index (χ2v) is 4.97. The molecule has 18 heavy (non-hydrogen) atoms. The van der Waals surface area contributed by atoms with Gasteiger partial charge in [-0.25, -0.2) is 0 Å². The SMILES string of the molecule is COc1ccc2c(c1OC(C)C)CCCC(=O)C2. The number of fused-ring (bicyclic) bond motifs is 1. The predicted molar refractivity (Wildman–Crippen MR) is 70.4 cm³/mol. The topological polar surface area (TPSA) is 35.5 Å². The standard InChI is InChI=1S/C15H20O3/c1-10(2)18-15-13-6-4-5-12(16)9-11(13)7-8-14(15)17-3/h7-8,10H,4-6,9H2,1-3H3. The molecule has 0 atom stereocenters. The van der Waals surface area contributed by atoms with Gasteiger partial charge in [0.1, 0.15) is 5.78 Å². The van der Waals surface area contributed by atoms with Crippen LogP contribution in [0.5, 0.6) is 11.5 Å². The Bertz CT molecular complexity index is 449. The van der Waals surface area contributed by atoms with Crippen LogP contribution in [0.2, 0.25) is 0 Å². The lowest BCUT2D eigenvalue weighted by Crippen LogP contribution is -2.10. The molecule has 2 rings (SSSR count). The van der Waals surface area contributed by atoms with Crippen molar-refractivity contribution in [1.29, 1.82) is 0 Å². The van der Waals surface area contributed by atoms with Crippen molar-refractivity contribution in [3.63, 3.8) is 0 Å². The van der Waals surface area contributed by atoms with Gasteiger partial charge in [0.05, 0.1) is 13.2 Å². The van der Waals surface area contributed by atoms with E-state index in [-0.39, 0.29) is 6.10 Å². The van der Waals surface area contributed by atoms with Crippen LogP contribution < -0.4 is 9.47 Å². The first-order valence-electron chi connectivity index (χ1n) is 6.49. The molecule has 3 heteroatoms. The van der Waals surface area contributed by atoms with Crippen molar-refractivity contribution in [3.05, 3.63) is 23.3 Å². The van der Waals surface area contributed by atoms with Crippen molar-refractivity contribution in [3.8, 4) is 11.5 Å². The van der Waals surface area contributed by atoms with Crippen LogP contribution in [-0.2, 0) is 17.6 Å². The fourth-order valence-corrected chi connectivity index (χ4v) is 2.38. The van der Waals surface area contributed by atoms with Gasteiger partial charge in [-0.05, 0) is 38.3 Å². The molecule has 0 saturated heterocycles. The highest BCUT2D eigenvalue weighted by atomic mass is 16.5. The zero-order valence-electron chi connectivity index (χ0n) is 11.3. The highest BCUT2D eigenvalue weighted by Gasteiger charge is 2.21. The van der Waals surface area contributed by atoms with Gasteiger partial charge in [-0.3, -0.25) is 4.79 Å². The van der Waals surface area contributed by atoms with E-state index in [0.29, 0.717) is 18.6 Å². The number of methoxy groups -OCH3 is 1. The Balaban J connectivity index is 2.46. The number of rotatable bonds is 3. The second-order valence-electron chi connectivity index (χ2n) is 4.97. The Hall–Kier alpha value is -1.51. The molecule has 0 spiro atoms. The summed E-state index contributed by atoms with van der Waals surface area (Å²) in [6.45, 7) is 4.00. The maximum absolute atomic E-state index is 11.7. The summed E-state index contributed by atoms with van der Waals surface area (Å²) in [6, 6.07) is 3.89. The number of ether oxygens (including phenoxy) is 2. The van der Waals surface area contributed by atoms with E-state index in [2.05, 4.69) is 0 Å². The van der Waals surface area contributed by atoms with Crippen LogP contribution in [0.15, 0.2) is 12.1 Å². The van der Waals surface area contributed by atoms with E-state index in [4.69, 9.17) is 9.47 Å². The molecule has 0 amide bonds. The van der Waals surface area contributed by atoms with Crippen LogP contribution in [0.1, 0.15) is 37.8 Å². The second kappa shape index (κ2) is 5.42. The van der Waals surface area contributed by atoms with E-state index in [0.717, 1.165) is 35.5 Å². The Morgan fingerprint density at radius 2 is 2.00 bits per heavy atom. The van der Waals surface area contributed by atoms with Crippen molar-refractivity contribution in [2.24, 2.45) is 0 Å². The summed E-state index contributed by atoms with van der Waals surface area (Å²) < 4.78 is 11.3. The van der Waals surface area contributed by atoms with Gasteiger partial charge >= 0.3 is 0 Å². The lowest BCUT2D eigenvalue weighted by Gasteiger charge is -2.19. The molecule has 98 valence electrons. The molecule has 1 aromatic carbocycles. The van der Waals surface area contributed by atoms with Crippen LogP contribution in [0.3, 0.4) is 0 Å². The summed E-state index contributed by atoms with van der Waals surface area (Å²) >= 11 is 0. The zero-order chi connectivity index (χ0) is 13.1. The van der Waals surface area contributed by atoms with Gasteiger partial charge in [-0.2, -0.15) is 0 Å².